The van der Waals surface area contributed by atoms with Crippen molar-refractivity contribution in [1.29, 1.82) is 0 Å². The molecule has 0 aromatic heterocycles. The smallest absolute Gasteiger partial charge is 0.127 e. The highest BCUT2D eigenvalue weighted by Gasteiger charge is 2.23. The van der Waals surface area contributed by atoms with E-state index in [9.17, 15) is 4.39 Å². The molecule has 1 aliphatic rings. The van der Waals surface area contributed by atoms with E-state index >= 15 is 0 Å². The van der Waals surface area contributed by atoms with Crippen molar-refractivity contribution < 1.29 is 4.39 Å². The summed E-state index contributed by atoms with van der Waals surface area (Å²) in [5.74, 6) is 0.975. The highest BCUT2D eigenvalue weighted by atomic mass is 35.5. The van der Waals surface area contributed by atoms with Crippen molar-refractivity contribution in [2.75, 3.05) is 5.88 Å². The van der Waals surface area contributed by atoms with Crippen LogP contribution in [0, 0.1) is 11.7 Å². The van der Waals surface area contributed by atoms with Crippen molar-refractivity contribution in [2.45, 2.75) is 38.3 Å². The van der Waals surface area contributed by atoms with Crippen LogP contribution >= 0.6 is 23.2 Å². The van der Waals surface area contributed by atoms with E-state index in [2.05, 4.69) is 5.32 Å². The summed E-state index contributed by atoms with van der Waals surface area (Å²) in [4.78, 5) is 0. The Bertz CT molecular complexity index is 397. The van der Waals surface area contributed by atoms with Crippen LogP contribution in [-0.4, -0.2) is 11.9 Å². The van der Waals surface area contributed by atoms with Crippen LogP contribution in [-0.2, 0) is 6.54 Å². The van der Waals surface area contributed by atoms with Gasteiger partial charge in [0.25, 0.3) is 0 Å². The van der Waals surface area contributed by atoms with E-state index in [1.165, 1.54) is 25.3 Å². The molecule has 0 spiro atoms. The summed E-state index contributed by atoms with van der Waals surface area (Å²) in [6, 6.07) is 5.07. The molecule has 1 aromatic rings. The van der Waals surface area contributed by atoms with Gasteiger partial charge >= 0.3 is 0 Å². The van der Waals surface area contributed by atoms with Crippen LogP contribution in [0.2, 0.25) is 5.02 Å². The molecule has 0 heterocycles. The SMILES string of the molecule is Fc1ccc(Cl)cc1CNC1CCCCC1CCl. The van der Waals surface area contributed by atoms with Gasteiger partial charge < -0.3 is 5.32 Å². The van der Waals surface area contributed by atoms with Gasteiger partial charge in [-0.2, -0.15) is 0 Å². The molecule has 1 fully saturated rings. The van der Waals surface area contributed by atoms with Crippen LogP contribution < -0.4 is 5.32 Å². The Morgan fingerprint density at radius 3 is 2.83 bits per heavy atom. The molecule has 2 atom stereocenters. The van der Waals surface area contributed by atoms with E-state index in [1.54, 1.807) is 12.1 Å². The summed E-state index contributed by atoms with van der Waals surface area (Å²) in [5, 5.41) is 4.00. The number of hydrogen-bond acceptors (Lipinski definition) is 1. The lowest BCUT2D eigenvalue weighted by molar-refractivity contribution is 0.281. The maximum absolute atomic E-state index is 13.6. The van der Waals surface area contributed by atoms with Crippen LogP contribution in [0.3, 0.4) is 0 Å². The largest absolute Gasteiger partial charge is 0.309 e. The second-order valence-corrected chi connectivity index (χ2v) is 5.67. The van der Waals surface area contributed by atoms with E-state index < -0.39 is 0 Å². The number of halogens is 3. The van der Waals surface area contributed by atoms with Crippen molar-refractivity contribution in [3.63, 3.8) is 0 Å². The number of nitrogens with one attached hydrogen (secondary N) is 1. The molecule has 1 nitrogen and oxygen atoms in total. The predicted molar refractivity (Wildman–Crippen MR) is 74.7 cm³/mol. The summed E-state index contributed by atoms with van der Waals surface area (Å²) in [6.07, 6.45) is 4.77. The quantitative estimate of drug-likeness (QED) is 0.812. The van der Waals surface area contributed by atoms with Gasteiger partial charge in [0, 0.05) is 29.1 Å². The van der Waals surface area contributed by atoms with Crippen molar-refractivity contribution >= 4 is 23.2 Å². The molecule has 0 aliphatic heterocycles. The molecule has 1 aliphatic carbocycles. The Morgan fingerprint density at radius 1 is 1.28 bits per heavy atom. The minimum Gasteiger partial charge on any atom is -0.309 e. The van der Waals surface area contributed by atoms with Crippen LogP contribution in [0.25, 0.3) is 0 Å². The molecular weight excluding hydrogens is 272 g/mol. The maximum Gasteiger partial charge on any atom is 0.127 e. The first kappa shape index (κ1) is 14.1. The normalized spacial score (nSPS) is 24.2. The van der Waals surface area contributed by atoms with Gasteiger partial charge in [0.05, 0.1) is 0 Å². The summed E-state index contributed by atoms with van der Waals surface area (Å²) in [7, 11) is 0. The number of rotatable bonds is 4. The second-order valence-electron chi connectivity index (χ2n) is 4.92. The zero-order valence-electron chi connectivity index (χ0n) is 10.3. The van der Waals surface area contributed by atoms with E-state index in [-0.39, 0.29) is 5.82 Å². The highest BCUT2D eigenvalue weighted by molar-refractivity contribution is 6.30. The molecule has 18 heavy (non-hydrogen) atoms. The third-order valence-corrected chi connectivity index (χ3v) is 4.30. The molecule has 1 saturated carbocycles. The number of alkyl halides is 1. The van der Waals surface area contributed by atoms with E-state index in [1.807, 2.05) is 0 Å². The van der Waals surface area contributed by atoms with Gasteiger partial charge in [-0.25, -0.2) is 4.39 Å². The molecule has 1 aromatic carbocycles. The Morgan fingerprint density at radius 2 is 2.06 bits per heavy atom. The first-order chi connectivity index (χ1) is 8.70. The Kier molecular flexibility index (Phi) is 5.28. The lowest BCUT2D eigenvalue weighted by Gasteiger charge is -2.31. The van der Waals surface area contributed by atoms with E-state index in [4.69, 9.17) is 23.2 Å². The maximum atomic E-state index is 13.6. The monoisotopic (exact) mass is 289 g/mol. The molecule has 0 radical (unpaired) electrons. The average Bonchev–Trinajstić information content (AvgIpc) is 2.40. The van der Waals surface area contributed by atoms with Gasteiger partial charge in [-0.1, -0.05) is 24.4 Å². The minimum atomic E-state index is -0.204. The molecule has 2 rings (SSSR count). The topological polar surface area (TPSA) is 12.0 Å². The zero-order valence-corrected chi connectivity index (χ0v) is 11.8. The lowest BCUT2D eigenvalue weighted by Crippen LogP contribution is -2.39. The van der Waals surface area contributed by atoms with Gasteiger partial charge in [0.15, 0.2) is 0 Å². The number of hydrogen-bond donors (Lipinski definition) is 1. The van der Waals surface area contributed by atoms with Gasteiger partial charge in [-0.3, -0.25) is 0 Å². The molecular formula is C14H18Cl2FN. The molecule has 0 saturated heterocycles. The summed E-state index contributed by atoms with van der Waals surface area (Å²) in [6.45, 7) is 0.518. The van der Waals surface area contributed by atoms with Crippen LogP contribution in [0.4, 0.5) is 4.39 Å². The highest BCUT2D eigenvalue weighted by Crippen LogP contribution is 2.26. The fraction of sp³-hybridized carbons (Fsp3) is 0.571. The van der Waals surface area contributed by atoms with Crippen LogP contribution in [0.5, 0.6) is 0 Å². The van der Waals surface area contributed by atoms with Crippen molar-refractivity contribution in [1.82, 2.24) is 5.32 Å². The Balaban J connectivity index is 1.95. The molecule has 2 unspecified atom stereocenters. The Labute approximate surface area is 118 Å². The van der Waals surface area contributed by atoms with E-state index in [0.717, 1.165) is 6.42 Å². The fourth-order valence-electron chi connectivity index (χ4n) is 2.58. The zero-order chi connectivity index (χ0) is 13.0. The molecule has 4 heteroatoms. The lowest BCUT2D eigenvalue weighted by atomic mass is 9.85. The van der Waals surface area contributed by atoms with Crippen molar-refractivity contribution in [3.05, 3.63) is 34.6 Å². The van der Waals surface area contributed by atoms with Gasteiger partial charge in [-0.05, 0) is 37.0 Å². The van der Waals surface area contributed by atoms with Crippen molar-refractivity contribution in [2.24, 2.45) is 5.92 Å². The summed E-state index contributed by atoms with van der Waals surface area (Å²) >= 11 is 11.9. The predicted octanol–water partition coefficient (Wildman–Crippen LogP) is 4.37. The Hall–Kier alpha value is -0.310. The minimum absolute atomic E-state index is 0.204. The van der Waals surface area contributed by atoms with Crippen LogP contribution in [0.1, 0.15) is 31.2 Å². The fourth-order valence-corrected chi connectivity index (χ4v) is 3.14. The summed E-state index contributed by atoms with van der Waals surface area (Å²) in [5.41, 5.74) is 0.626. The first-order valence-electron chi connectivity index (χ1n) is 6.44. The molecule has 0 bridgehead atoms. The second kappa shape index (κ2) is 6.74. The van der Waals surface area contributed by atoms with Gasteiger partial charge in [0.2, 0.25) is 0 Å². The third-order valence-electron chi connectivity index (χ3n) is 3.67. The van der Waals surface area contributed by atoms with Crippen molar-refractivity contribution in [3.8, 4) is 0 Å². The molecule has 100 valence electrons. The van der Waals surface area contributed by atoms with Crippen LogP contribution in [0.15, 0.2) is 18.2 Å². The van der Waals surface area contributed by atoms with E-state index in [0.29, 0.717) is 35.0 Å². The average molecular weight is 290 g/mol. The van der Waals surface area contributed by atoms with Gasteiger partial charge in [-0.15, -0.1) is 11.6 Å². The number of benzene rings is 1. The molecule has 1 N–H and O–H groups in total. The molecule has 0 amide bonds. The first-order valence-corrected chi connectivity index (χ1v) is 7.35. The van der Waals surface area contributed by atoms with Gasteiger partial charge in [0.1, 0.15) is 5.82 Å². The summed E-state index contributed by atoms with van der Waals surface area (Å²) < 4.78 is 13.6. The standard InChI is InChI=1S/C14H18Cl2FN/c15-8-10-3-1-2-4-14(10)18-9-11-7-12(16)5-6-13(11)17/h5-7,10,14,18H,1-4,8-9H2. The third kappa shape index (κ3) is 3.59.